The Morgan fingerprint density at radius 1 is 0.973 bits per heavy atom. The molecule has 0 unspecified atom stereocenters. The highest BCUT2D eigenvalue weighted by Gasteiger charge is 2.36. The molecular formula is C27H25ClF2N6S. The van der Waals surface area contributed by atoms with Crippen LogP contribution in [0, 0.1) is 23.0 Å². The Kier molecular flexibility index (Phi) is 7.33. The molecule has 1 fully saturated rings. The second-order valence-corrected chi connectivity index (χ2v) is 10.7. The Morgan fingerprint density at radius 3 is 2.19 bits per heavy atom. The van der Waals surface area contributed by atoms with Gasteiger partial charge < -0.3 is 4.90 Å². The summed E-state index contributed by atoms with van der Waals surface area (Å²) < 4.78 is 27.5. The molecule has 37 heavy (non-hydrogen) atoms. The molecule has 5 rings (SSSR count). The molecule has 0 radical (unpaired) electrons. The molecule has 2 aromatic carbocycles. The van der Waals surface area contributed by atoms with Gasteiger partial charge in [0.15, 0.2) is 10.6 Å². The Balaban J connectivity index is 1.49. The SMILES string of the molecule is C[C@@H]1CN(c2nc(Cl)nc3sc(CCC#N)nc23)[C@@H](C)CN1C(c1ccc(F)cc1)c1ccc(F)cc1. The van der Waals surface area contributed by atoms with Gasteiger partial charge in [0.05, 0.1) is 17.1 Å². The van der Waals surface area contributed by atoms with Gasteiger partial charge in [-0.05, 0) is 60.8 Å². The number of anilines is 1. The van der Waals surface area contributed by atoms with Crippen molar-refractivity contribution >= 4 is 39.1 Å². The van der Waals surface area contributed by atoms with Crippen molar-refractivity contribution in [1.82, 2.24) is 19.9 Å². The molecule has 0 aliphatic carbocycles. The van der Waals surface area contributed by atoms with E-state index in [0.717, 1.165) is 16.1 Å². The highest BCUT2D eigenvalue weighted by Crippen LogP contribution is 2.37. The van der Waals surface area contributed by atoms with Crippen LogP contribution in [0.25, 0.3) is 10.3 Å². The van der Waals surface area contributed by atoms with Crippen LogP contribution in [0.3, 0.4) is 0 Å². The molecule has 4 aromatic rings. The zero-order valence-corrected chi connectivity index (χ0v) is 22.0. The van der Waals surface area contributed by atoms with Crippen LogP contribution < -0.4 is 4.90 Å². The third-order valence-corrected chi connectivity index (χ3v) is 7.90. The van der Waals surface area contributed by atoms with Crippen molar-refractivity contribution in [1.29, 1.82) is 5.26 Å². The second kappa shape index (κ2) is 10.7. The Labute approximate surface area is 223 Å². The van der Waals surface area contributed by atoms with Crippen molar-refractivity contribution in [2.75, 3.05) is 18.0 Å². The zero-order chi connectivity index (χ0) is 26.1. The lowest BCUT2D eigenvalue weighted by atomic mass is 9.93. The van der Waals surface area contributed by atoms with Crippen molar-refractivity contribution in [2.24, 2.45) is 0 Å². The Bertz CT molecular complexity index is 1390. The molecule has 0 bridgehead atoms. The maximum absolute atomic E-state index is 13.7. The van der Waals surface area contributed by atoms with Gasteiger partial charge in [0.25, 0.3) is 0 Å². The van der Waals surface area contributed by atoms with E-state index in [2.05, 4.69) is 39.7 Å². The molecule has 6 nitrogen and oxygen atoms in total. The van der Waals surface area contributed by atoms with Crippen LogP contribution in [-0.4, -0.2) is 45.0 Å². The molecule has 0 saturated carbocycles. The third kappa shape index (κ3) is 5.28. The van der Waals surface area contributed by atoms with E-state index in [1.165, 1.54) is 35.6 Å². The second-order valence-electron chi connectivity index (χ2n) is 9.29. The van der Waals surface area contributed by atoms with Gasteiger partial charge in [-0.3, -0.25) is 4.90 Å². The van der Waals surface area contributed by atoms with E-state index in [-0.39, 0.29) is 35.0 Å². The molecule has 190 valence electrons. The summed E-state index contributed by atoms with van der Waals surface area (Å²) in [5.41, 5.74) is 2.58. The van der Waals surface area contributed by atoms with Crippen LogP contribution >= 0.6 is 22.9 Å². The molecule has 2 aromatic heterocycles. The van der Waals surface area contributed by atoms with Crippen LogP contribution in [0.5, 0.6) is 0 Å². The van der Waals surface area contributed by atoms with Crippen molar-refractivity contribution in [3.63, 3.8) is 0 Å². The minimum atomic E-state index is -0.296. The number of fused-ring (bicyclic) bond motifs is 1. The lowest BCUT2D eigenvalue weighted by Gasteiger charge is -2.48. The standard InChI is InChI=1S/C27H25ClF2N6S/c1-16-15-36(25-23-26(34-27(28)33-25)37-22(32-23)4-3-13-31)17(2)14-35(16)24(18-5-9-20(29)10-6-18)19-7-11-21(30)12-8-19/h5-12,16-17,24H,3-4,14-15H2,1-2H3/t16-,17+/m1/s1. The highest BCUT2D eigenvalue weighted by atomic mass is 35.5. The molecule has 1 aliphatic heterocycles. The molecule has 0 N–H and O–H groups in total. The van der Waals surface area contributed by atoms with Crippen LogP contribution in [-0.2, 0) is 6.42 Å². The minimum Gasteiger partial charge on any atom is -0.349 e. The molecule has 0 spiro atoms. The highest BCUT2D eigenvalue weighted by molar-refractivity contribution is 7.18. The zero-order valence-electron chi connectivity index (χ0n) is 20.4. The molecule has 0 amide bonds. The average Bonchev–Trinajstić information content (AvgIpc) is 3.29. The monoisotopic (exact) mass is 538 g/mol. The van der Waals surface area contributed by atoms with Gasteiger partial charge in [-0.2, -0.15) is 10.2 Å². The van der Waals surface area contributed by atoms with E-state index in [0.29, 0.717) is 42.1 Å². The average molecular weight is 539 g/mol. The first kappa shape index (κ1) is 25.5. The number of thiazole rings is 1. The summed E-state index contributed by atoms with van der Waals surface area (Å²) in [5.74, 6) is 0.0957. The maximum atomic E-state index is 13.7. The molecule has 3 heterocycles. The third-order valence-electron chi connectivity index (χ3n) is 6.72. The van der Waals surface area contributed by atoms with Gasteiger partial charge in [-0.1, -0.05) is 35.6 Å². The van der Waals surface area contributed by atoms with Gasteiger partial charge in [0.1, 0.15) is 17.2 Å². The minimum absolute atomic E-state index is 0.0398. The first-order chi connectivity index (χ1) is 17.8. The number of nitrogens with zero attached hydrogens (tertiary/aromatic N) is 6. The smallest absolute Gasteiger partial charge is 0.225 e. The van der Waals surface area contributed by atoms with E-state index < -0.39 is 0 Å². The molecule has 2 atom stereocenters. The molecular weight excluding hydrogens is 514 g/mol. The number of nitriles is 1. The fraction of sp³-hybridized carbons (Fsp3) is 0.333. The van der Waals surface area contributed by atoms with E-state index in [4.69, 9.17) is 21.8 Å². The van der Waals surface area contributed by atoms with Crippen molar-refractivity contribution in [2.45, 2.75) is 44.8 Å². The van der Waals surface area contributed by atoms with Crippen molar-refractivity contribution in [3.05, 3.63) is 81.6 Å². The number of benzene rings is 2. The maximum Gasteiger partial charge on any atom is 0.225 e. The lowest BCUT2D eigenvalue weighted by molar-refractivity contribution is 0.129. The molecule has 1 saturated heterocycles. The quantitative estimate of drug-likeness (QED) is 0.274. The van der Waals surface area contributed by atoms with Gasteiger partial charge in [0.2, 0.25) is 5.28 Å². The fourth-order valence-electron chi connectivity index (χ4n) is 4.97. The summed E-state index contributed by atoms with van der Waals surface area (Å²) in [6, 6.07) is 15.1. The van der Waals surface area contributed by atoms with Crippen LogP contribution in [0.15, 0.2) is 48.5 Å². The van der Waals surface area contributed by atoms with Crippen molar-refractivity contribution < 1.29 is 8.78 Å². The van der Waals surface area contributed by atoms with E-state index >= 15 is 0 Å². The van der Waals surface area contributed by atoms with Gasteiger partial charge >= 0.3 is 0 Å². The summed E-state index contributed by atoms with van der Waals surface area (Å²) in [6.07, 6.45) is 0.946. The first-order valence-electron chi connectivity index (χ1n) is 12.1. The number of aromatic nitrogens is 3. The van der Waals surface area contributed by atoms with E-state index in [1.54, 1.807) is 24.3 Å². The van der Waals surface area contributed by atoms with Gasteiger partial charge in [-0.15, -0.1) is 0 Å². The summed E-state index contributed by atoms with van der Waals surface area (Å²) in [7, 11) is 0. The number of aryl methyl sites for hydroxylation is 1. The Morgan fingerprint density at radius 2 is 1.59 bits per heavy atom. The number of piperazine rings is 1. The summed E-state index contributed by atoms with van der Waals surface area (Å²) in [5, 5.41) is 9.96. The van der Waals surface area contributed by atoms with Crippen molar-refractivity contribution in [3.8, 4) is 6.07 Å². The fourth-order valence-corrected chi connectivity index (χ4v) is 6.11. The summed E-state index contributed by atoms with van der Waals surface area (Å²) in [6.45, 7) is 5.58. The lowest BCUT2D eigenvalue weighted by Crippen LogP contribution is -2.57. The number of hydrogen-bond donors (Lipinski definition) is 0. The normalized spacial score (nSPS) is 18.5. The van der Waals surface area contributed by atoms with E-state index in [1.807, 2.05) is 0 Å². The molecule has 1 aliphatic rings. The summed E-state index contributed by atoms with van der Waals surface area (Å²) in [4.78, 5) is 19.0. The number of halogens is 3. The topological polar surface area (TPSA) is 68.9 Å². The molecule has 10 heteroatoms. The van der Waals surface area contributed by atoms with Crippen LogP contribution in [0.2, 0.25) is 5.28 Å². The number of rotatable bonds is 6. The van der Waals surface area contributed by atoms with Crippen LogP contribution in [0.4, 0.5) is 14.6 Å². The predicted octanol–water partition coefficient (Wildman–Crippen LogP) is 6.16. The Hall–Kier alpha value is -3.19. The van der Waals surface area contributed by atoms with Crippen LogP contribution in [0.1, 0.15) is 42.4 Å². The largest absolute Gasteiger partial charge is 0.349 e. The van der Waals surface area contributed by atoms with E-state index in [9.17, 15) is 8.78 Å². The van der Waals surface area contributed by atoms with Gasteiger partial charge in [0, 0.05) is 38.0 Å². The number of hydrogen-bond acceptors (Lipinski definition) is 7. The predicted molar refractivity (Wildman–Crippen MR) is 142 cm³/mol. The summed E-state index contributed by atoms with van der Waals surface area (Å²) >= 11 is 7.75. The first-order valence-corrected chi connectivity index (χ1v) is 13.3. The van der Waals surface area contributed by atoms with Gasteiger partial charge in [-0.25, -0.2) is 18.7 Å².